The van der Waals surface area contributed by atoms with Gasteiger partial charge in [-0.2, -0.15) is 0 Å². The average Bonchev–Trinajstić information content (AvgIpc) is 2.34. The van der Waals surface area contributed by atoms with Crippen LogP contribution in [0, 0.1) is 0 Å². The van der Waals surface area contributed by atoms with Gasteiger partial charge >= 0.3 is 0 Å². The number of hydrogen-bond donors (Lipinski definition) is 2. The second-order valence-corrected chi connectivity index (χ2v) is 3.88. The van der Waals surface area contributed by atoms with Crippen LogP contribution in [0.2, 0.25) is 0 Å². The summed E-state index contributed by atoms with van der Waals surface area (Å²) in [5.41, 5.74) is 6.73. The summed E-state index contributed by atoms with van der Waals surface area (Å²) in [6, 6.07) is 10.4. The summed E-state index contributed by atoms with van der Waals surface area (Å²) in [5, 5.41) is 11.3. The van der Waals surface area contributed by atoms with Crippen molar-refractivity contribution in [3.8, 4) is 0 Å². The quantitative estimate of drug-likeness (QED) is 0.329. The van der Waals surface area contributed by atoms with Gasteiger partial charge in [0, 0.05) is 19.5 Å². The number of hydrogen-bond acceptors (Lipinski definition) is 3. The average molecular weight is 221 g/mol. The van der Waals surface area contributed by atoms with Gasteiger partial charge in [0.2, 0.25) is 0 Å². The predicted molar refractivity (Wildman–Crippen MR) is 65.7 cm³/mol. The molecule has 0 atom stereocenters. The highest BCUT2D eigenvalue weighted by Crippen LogP contribution is 2.00. The van der Waals surface area contributed by atoms with Crippen molar-refractivity contribution in [1.82, 2.24) is 4.90 Å². The van der Waals surface area contributed by atoms with E-state index in [0.717, 1.165) is 19.5 Å². The van der Waals surface area contributed by atoms with Gasteiger partial charge in [0.15, 0.2) is 0 Å². The molecule has 16 heavy (non-hydrogen) atoms. The highest BCUT2D eigenvalue weighted by molar-refractivity contribution is 5.79. The number of oxime groups is 1. The summed E-state index contributed by atoms with van der Waals surface area (Å²) in [5.74, 6) is 0.284. The molecule has 0 aliphatic heterocycles. The maximum Gasteiger partial charge on any atom is 0.140 e. The lowest BCUT2D eigenvalue weighted by Crippen LogP contribution is -2.26. The van der Waals surface area contributed by atoms with Crippen molar-refractivity contribution in [1.29, 1.82) is 0 Å². The first kappa shape index (κ1) is 12.5. The smallest absolute Gasteiger partial charge is 0.140 e. The summed E-state index contributed by atoms with van der Waals surface area (Å²) in [4.78, 5) is 2.17. The van der Waals surface area contributed by atoms with Crippen LogP contribution in [0.1, 0.15) is 12.0 Å². The molecule has 3 N–H and O–H groups in total. The Morgan fingerprint density at radius 1 is 1.31 bits per heavy atom. The summed E-state index contributed by atoms with van der Waals surface area (Å²) in [7, 11) is 2.04. The molecule has 0 bridgehead atoms. The maximum absolute atomic E-state index is 8.40. The molecule has 1 rings (SSSR count). The van der Waals surface area contributed by atoms with Gasteiger partial charge in [-0.25, -0.2) is 0 Å². The van der Waals surface area contributed by atoms with Crippen molar-refractivity contribution < 1.29 is 5.21 Å². The zero-order valence-corrected chi connectivity index (χ0v) is 9.63. The van der Waals surface area contributed by atoms with Crippen LogP contribution in [0.5, 0.6) is 0 Å². The Hall–Kier alpha value is -1.55. The molecule has 0 aliphatic rings. The van der Waals surface area contributed by atoms with Crippen LogP contribution in [-0.2, 0) is 6.42 Å². The van der Waals surface area contributed by atoms with Crippen molar-refractivity contribution in [2.24, 2.45) is 10.9 Å². The minimum absolute atomic E-state index is 0.284. The molecule has 4 nitrogen and oxygen atoms in total. The highest BCUT2D eigenvalue weighted by Gasteiger charge is 2.00. The van der Waals surface area contributed by atoms with Gasteiger partial charge in [-0.15, -0.1) is 0 Å². The summed E-state index contributed by atoms with van der Waals surface area (Å²) < 4.78 is 0. The van der Waals surface area contributed by atoms with Crippen molar-refractivity contribution in [3.05, 3.63) is 35.9 Å². The van der Waals surface area contributed by atoms with Gasteiger partial charge < -0.3 is 15.8 Å². The molecule has 0 aliphatic carbocycles. The van der Waals surface area contributed by atoms with E-state index in [1.54, 1.807) is 0 Å². The molecular weight excluding hydrogens is 202 g/mol. The molecule has 0 radical (unpaired) electrons. The molecular formula is C12H19N3O. The van der Waals surface area contributed by atoms with Crippen LogP contribution in [0.25, 0.3) is 0 Å². The van der Waals surface area contributed by atoms with E-state index in [0.29, 0.717) is 6.42 Å². The zero-order chi connectivity index (χ0) is 11.8. The normalized spacial score (nSPS) is 12.0. The summed E-state index contributed by atoms with van der Waals surface area (Å²) in [6.45, 7) is 1.78. The Kier molecular flexibility index (Phi) is 5.36. The highest BCUT2D eigenvalue weighted by atomic mass is 16.4. The molecule has 1 aromatic rings. The van der Waals surface area contributed by atoms with Crippen LogP contribution in [-0.4, -0.2) is 36.1 Å². The van der Waals surface area contributed by atoms with Gasteiger partial charge in [-0.05, 0) is 19.0 Å². The van der Waals surface area contributed by atoms with Gasteiger partial charge in [0.1, 0.15) is 5.84 Å². The molecule has 0 amide bonds. The minimum Gasteiger partial charge on any atom is -0.409 e. The SMILES string of the molecule is CN(CC/C(N)=N/O)CCc1ccccc1. The van der Waals surface area contributed by atoms with E-state index in [4.69, 9.17) is 10.9 Å². The van der Waals surface area contributed by atoms with Gasteiger partial charge in [-0.3, -0.25) is 0 Å². The van der Waals surface area contributed by atoms with Crippen molar-refractivity contribution in [2.75, 3.05) is 20.1 Å². The van der Waals surface area contributed by atoms with E-state index in [2.05, 4.69) is 22.2 Å². The fourth-order valence-corrected chi connectivity index (χ4v) is 1.43. The third-order valence-corrected chi connectivity index (χ3v) is 2.50. The van der Waals surface area contributed by atoms with E-state index in [1.807, 2.05) is 25.2 Å². The fraction of sp³-hybridized carbons (Fsp3) is 0.417. The molecule has 0 saturated carbocycles. The molecule has 4 heteroatoms. The summed E-state index contributed by atoms with van der Waals surface area (Å²) >= 11 is 0. The standard InChI is InChI=1S/C12H19N3O/c1-15(10-8-12(13)14-16)9-7-11-5-3-2-4-6-11/h2-6,16H,7-10H2,1H3,(H2,13,14). The number of likely N-dealkylation sites (N-methyl/N-ethyl adjacent to an activating group) is 1. The number of rotatable bonds is 6. The first-order valence-electron chi connectivity index (χ1n) is 5.41. The molecule has 0 saturated heterocycles. The van der Waals surface area contributed by atoms with Crippen LogP contribution < -0.4 is 5.73 Å². The third-order valence-electron chi connectivity index (χ3n) is 2.50. The first-order chi connectivity index (χ1) is 7.72. The Morgan fingerprint density at radius 3 is 2.62 bits per heavy atom. The zero-order valence-electron chi connectivity index (χ0n) is 9.63. The van der Waals surface area contributed by atoms with Crippen LogP contribution in [0.15, 0.2) is 35.5 Å². The molecule has 0 aromatic heterocycles. The monoisotopic (exact) mass is 221 g/mol. The minimum atomic E-state index is 0.284. The summed E-state index contributed by atoms with van der Waals surface area (Å²) in [6.07, 6.45) is 1.62. The maximum atomic E-state index is 8.40. The Morgan fingerprint density at radius 2 is 2.00 bits per heavy atom. The lowest BCUT2D eigenvalue weighted by atomic mass is 10.1. The number of nitrogens with two attached hydrogens (primary N) is 1. The first-order valence-corrected chi connectivity index (χ1v) is 5.41. The van der Waals surface area contributed by atoms with Gasteiger partial charge in [0.25, 0.3) is 0 Å². The number of benzene rings is 1. The van der Waals surface area contributed by atoms with E-state index in [9.17, 15) is 0 Å². The van der Waals surface area contributed by atoms with Crippen LogP contribution >= 0.6 is 0 Å². The van der Waals surface area contributed by atoms with Crippen LogP contribution in [0.3, 0.4) is 0 Å². The Bertz CT molecular complexity index is 324. The van der Waals surface area contributed by atoms with Gasteiger partial charge in [-0.1, -0.05) is 35.5 Å². The lowest BCUT2D eigenvalue weighted by molar-refractivity contribution is 0.311. The lowest BCUT2D eigenvalue weighted by Gasteiger charge is -2.15. The Balaban J connectivity index is 2.23. The second-order valence-electron chi connectivity index (χ2n) is 3.88. The van der Waals surface area contributed by atoms with E-state index in [1.165, 1.54) is 5.56 Å². The third kappa shape index (κ3) is 4.79. The second kappa shape index (κ2) is 6.85. The fourth-order valence-electron chi connectivity index (χ4n) is 1.43. The van der Waals surface area contributed by atoms with Crippen molar-refractivity contribution in [3.63, 3.8) is 0 Å². The number of nitrogens with zero attached hydrogens (tertiary/aromatic N) is 2. The largest absolute Gasteiger partial charge is 0.409 e. The molecule has 88 valence electrons. The van der Waals surface area contributed by atoms with E-state index >= 15 is 0 Å². The molecule has 1 aromatic carbocycles. The molecule has 0 unspecified atom stereocenters. The van der Waals surface area contributed by atoms with Gasteiger partial charge in [0.05, 0.1) is 0 Å². The molecule has 0 spiro atoms. The van der Waals surface area contributed by atoms with E-state index < -0.39 is 0 Å². The van der Waals surface area contributed by atoms with E-state index in [-0.39, 0.29) is 5.84 Å². The number of amidine groups is 1. The van der Waals surface area contributed by atoms with Crippen molar-refractivity contribution in [2.45, 2.75) is 12.8 Å². The molecule has 0 heterocycles. The topological polar surface area (TPSA) is 61.8 Å². The Labute approximate surface area is 96.4 Å². The van der Waals surface area contributed by atoms with Crippen molar-refractivity contribution >= 4 is 5.84 Å². The van der Waals surface area contributed by atoms with Crippen LogP contribution in [0.4, 0.5) is 0 Å². The predicted octanol–water partition coefficient (Wildman–Crippen LogP) is 1.30. The molecule has 0 fully saturated rings.